The first kappa shape index (κ1) is 29.1. The van der Waals surface area contributed by atoms with Crippen LogP contribution < -0.4 is 9.47 Å². The highest BCUT2D eigenvalue weighted by Gasteiger charge is 2.30. The fourth-order valence-corrected chi connectivity index (χ4v) is 2.65. The largest absolute Gasteiger partial charge is 0.508 e. The fraction of sp³-hybridized carbons (Fsp3) is 0.280. The zero-order chi connectivity index (χ0) is 25.6. The minimum absolute atomic E-state index is 0.0700. The number of rotatable bonds is 8. The van der Waals surface area contributed by atoms with Crippen LogP contribution in [0, 0.1) is 0 Å². The fourth-order valence-electron chi connectivity index (χ4n) is 2.65. The molecule has 0 radical (unpaired) electrons. The van der Waals surface area contributed by atoms with Crippen molar-refractivity contribution in [1.82, 2.24) is 0 Å². The van der Waals surface area contributed by atoms with Gasteiger partial charge in [-0.2, -0.15) is 0 Å². The smallest absolute Gasteiger partial charge is 0.327 e. The summed E-state index contributed by atoms with van der Waals surface area (Å²) < 4.78 is 11.4. The predicted molar refractivity (Wildman–Crippen MR) is 126 cm³/mol. The topological polar surface area (TPSA) is 134 Å². The SMILES string of the molecule is C=CC(=O)O.C=CC(=O)O.CCOc1c(O)ccc(C(C)(C)c2ccc(O)cc2)c1OCC. The number of aliphatic carboxylic acids is 2. The van der Waals surface area contributed by atoms with Gasteiger partial charge in [0.15, 0.2) is 11.5 Å². The summed E-state index contributed by atoms with van der Waals surface area (Å²) in [7, 11) is 0. The lowest BCUT2D eigenvalue weighted by molar-refractivity contribution is -0.132. The van der Waals surface area contributed by atoms with Crippen molar-refractivity contribution in [3.8, 4) is 23.0 Å². The summed E-state index contributed by atoms with van der Waals surface area (Å²) in [4.78, 5) is 18.5. The third-order valence-corrected chi connectivity index (χ3v) is 4.28. The molecule has 8 nitrogen and oxygen atoms in total. The van der Waals surface area contributed by atoms with Crippen LogP contribution in [0.25, 0.3) is 0 Å². The molecule has 0 aromatic heterocycles. The average molecular weight is 461 g/mol. The Kier molecular flexibility index (Phi) is 12.5. The first-order valence-corrected chi connectivity index (χ1v) is 10.1. The molecule has 2 aromatic carbocycles. The molecule has 0 spiro atoms. The molecule has 180 valence electrons. The van der Waals surface area contributed by atoms with Gasteiger partial charge >= 0.3 is 11.9 Å². The molecule has 2 aromatic rings. The van der Waals surface area contributed by atoms with Crippen LogP contribution in [0.2, 0.25) is 0 Å². The lowest BCUT2D eigenvalue weighted by Gasteiger charge is -2.29. The van der Waals surface area contributed by atoms with Crippen LogP contribution in [0.1, 0.15) is 38.8 Å². The molecule has 0 aliphatic rings. The van der Waals surface area contributed by atoms with E-state index in [1.54, 1.807) is 18.2 Å². The molecule has 0 atom stereocenters. The van der Waals surface area contributed by atoms with Crippen LogP contribution in [-0.2, 0) is 15.0 Å². The summed E-state index contributed by atoms with van der Waals surface area (Å²) in [6, 6.07) is 10.6. The highest BCUT2D eigenvalue weighted by molar-refractivity contribution is 5.79. The Labute approximate surface area is 194 Å². The van der Waals surface area contributed by atoms with Gasteiger partial charge in [0.05, 0.1) is 13.2 Å². The van der Waals surface area contributed by atoms with Crippen molar-refractivity contribution < 1.29 is 39.5 Å². The van der Waals surface area contributed by atoms with Crippen LogP contribution in [0.3, 0.4) is 0 Å². The van der Waals surface area contributed by atoms with E-state index in [0.29, 0.717) is 24.7 Å². The lowest BCUT2D eigenvalue weighted by Crippen LogP contribution is -2.20. The maximum Gasteiger partial charge on any atom is 0.327 e. The molecule has 8 heteroatoms. The Morgan fingerprint density at radius 2 is 1.27 bits per heavy atom. The van der Waals surface area contributed by atoms with Gasteiger partial charge in [-0.25, -0.2) is 9.59 Å². The van der Waals surface area contributed by atoms with E-state index in [0.717, 1.165) is 23.3 Å². The molecule has 0 aliphatic heterocycles. The third-order valence-electron chi connectivity index (χ3n) is 4.28. The van der Waals surface area contributed by atoms with Crippen molar-refractivity contribution in [2.45, 2.75) is 33.1 Å². The molecule has 0 fully saturated rings. The number of carboxylic acid groups (broad SMARTS) is 2. The highest BCUT2D eigenvalue weighted by atomic mass is 16.5. The maximum atomic E-state index is 10.1. The first-order chi connectivity index (χ1) is 15.5. The zero-order valence-corrected chi connectivity index (χ0v) is 19.4. The molecule has 0 bridgehead atoms. The molecule has 0 unspecified atom stereocenters. The van der Waals surface area contributed by atoms with Gasteiger partial charge in [0.1, 0.15) is 5.75 Å². The Hall–Kier alpha value is -3.94. The number of phenols is 2. The summed E-state index contributed by atoms with van der Waals surface area (Å²) >= 11 is 0. The van der Waals surface area contributed by atoms with Crippen molar-refractivity contribution in [2.75, 3.05) is 13.2 Å². The summed E-state index contributed by atoms with van der Waals surface area (Å²) in [6.07, 6.45) is 1.67. The van der Waals surface area contributed by atoms with Gasteiger partial charge in [0.2, 0.25) is 5.75 Å². The van der Waals surface area contributed by atoms with E-state index < -0.39 is 11.9 Å². The molecule has 0 amide bonds. The number of carbonyl (C=O) groups is 2. The van der Waals surface area contributed by atoms with Crippen molar-refractivity contribution in [2.24, 2.45) is 0 Å². The van der Waals surface area contributed by atoms with E-state index in [-0.39, 0.29) is 16.9 Å². The third kappa shape index (κ3) is 9.39. The molecule has 2 rings (SSSR count). The normalized spacial score (nSPS) is 9.82. The number of hydrogen-bond donors (Lipinski definition) is 4. The van der Waals surface area contributed by atoms with Crippen molar-refractivity contribution in [1.29, 1.82) is 0 Å². The van der Waals surface area contributed by atoms with E-state index in [2.05, 4.69) is 27.0 Å². The molecular weight excluding hydrogens is 428 g/mol. The number of aromatic hydroxyl groups is 2. The summed E-state index contributed by atoms with van der Waals surface area (Å²) in [5.74, 6) is -0.725. The van der Waals surface area contributed by atoms with Gasteiger partial charge in [-0.3, -0.25) is 0 Å². The predicted octanol–water partition coefficient (Wildman–Crippen LogP) is 4.74. The number of ether oxygens (including phenoxy) is 2. The number of carboxylic acids is 2. The van der Waals surface area contributed by atoms with Crippen LogP contribution >= 0.6 is 0 Å². The highest BCUT2D eigenvalue weighted by Crippen LogP contribution is 2.46. The molecule has 0 aliphatic carbocycles. The molecule has 33 heavy (non-hydrogen) atoms. The average Bonchev–Trinajstić information content (AvgIpc) is 2.77. The van der Waals surface area contributed by atoms with Crippen LogP contribution in [-0.4, -0.2) is 45.6 Å². The van der Waals surface area contributed by atoms with E-state index in [4.69, 9.17) is 19.7 Å². The number of phenolic OH excluding ortho intramolecular Hbond substituents is 2. The summed E-state index contributed by atoms with van der Waals surface area (Å²) in [6.45, 7) is 14.8. The van der Waals surface area contributed by atoms with Gasteiger partial charge in [0.25, 0.3) is 0 Å². The molecule has 4 N–H and O–H groups in total. The minimum atomic E-state index is -0.981. The molecule has 0 heterocycles. The first-order valence-electron chi connectivity index (χ1n) is 10.1. The molecule has 0 saturated carbocycles. The quantitative estimate of drug-likeness (QED) is 0.415. The van der Waals surface area contributed by atoms with Crippen molar-refractivity contribution in [3.05, 3.63) is 72.8 Å². The lowest BCUT2D eigenvalue weighted by atomic mass is 9.77. The van der Waals surface area contributed by atoms with Gasteiger partial charge < -0.3 is 29.9 Å². The monoisotopic (exact) mass is 460 g/mol. The number of benzene rings is 2. The second kappa shape index (κ2) is 14.2. The Morgan fingerprint density at radius 1 is 0.848 bits per heavy atom. The molecular formula is C25H32O8. The number of hydrogen-bond acceptors (Lipinski definition) is 6. The Morgan fingerprint density at radius 3 is 1.67 bits per heavy atom. The standard InChI is InChI=1S/C19H24O4.2C3H4O2/c1-5-22-17-15(11-12-16(21)18(17)23-6-2)19(3,4)13-7-9-14(20)10-8-13;2*1-2-3(4)5/h7-12,20-21H,5-6H2,1-4H3;2*2H,1H2,(H,4,5). The minimum Gasteiger partial charge on any atom is -0.508 e. The van der Waals surface area contributed by atoms with Crippen molar-refractivity contribution in [3.63, 3.8) is 0 Å². The van der Waals surface area contributed by atoms with Crippen molar-refractivity contribution >= 4 is 11.9 Å². The summed E-state index contributed by atoms with van der Waals surface area (Å²) in [5.41, 5.74) is 1.58. The van der Waals surface area contributed by atoms with E-state index in [1.165, 1.54) is 0 Å². The van der Waals surface area contributed by atoms with Crippen LogP contribution in [0.15, 0.2) is 61.7 Å². The van der Waals surface area contributed by atoms with Crippen LogP contribution in [0.5, 0.6) is 23.0 Å². The summed E-state index contributed by atoms with van der Waals surface area (Å²) in [5, 5.41) is 34.8. The van der Waals surface area contributed by atoms with Gasteiger partial charge in [0, 0.05) is 23.1 Å². The van der Waals surface area contributed by atoms with E-state index in [9.17, 15) is 19.8 Å². The van der Waals surface area contributed by atoms with Gasteiger partial charge in [-0.15, -0.1) is 0 Å². The Balaban J connectivity index is 0.000000859. The van der Waals surface area contributed by atoms with Crippen LogP contribution in [0.4, 0.5) is 0 Å². The second-order valence-electron chi connectivity index (χ2n) is 6.91. The van der Waals surface area contributed by atoms with Gasteiger partial charge in [-0.05, 0) is 37.6 Å². The van der Waals surface area contributed by atoms with Gasteiger partial charge in [-0.1, -0.05) is 45.2 Å². The second-order valence-corrected chi connectivity index (χ2v) is 6.91. The Bertz CT molecular complexity index is 912. The van der Waals surface area contributed by atoms with E-state index >= 15 is 0 Å². The van der Waals surface area contributed by atoms with E-state index in [1.807, 2.05) is 32.0 Å². The zero-order valence-electron chi connectivity index (χ0n) is 19.4. The maximum absolute atomic E-state index is 10.1. The molecule has 0 saturated heterocycles.